The quantitative estimate of drug-likeness (QED) is 0.469. The Balaban J connectivity index is 2.14. The largest absolute Gasteiger partial charge is 0.461 e. The first kappa shape index (κ1) is 22.2. The van der Waals surface area contributed by atoms with Crippen molar-refractivity contribution in [3.63, 3.8) is 0 Å². The number of carbonyl (C=O) groups is 1. The molecule has 0 heterocycles. The third-order valence-corrected chi connectivity index (χ3v) is 4.97. The summed E-state index contributed by atoms with van der Waals surface area (Å²) in [7, 11) is 0. The first-order valence-electron chi connectivity index (χ1n) is 9.37. The lowest BCUT2D eigenvalue weighted by Gasteiger charge is -2.25. The van der Waals surface area contributed by atoms with Crippen LogP contribution in [0.5, 0.6) is 0 Å². The second-order valence-corrected chi connectivity index (χ2v) is 8.09. The first-order valence-corrected chi connectivity index (χ1v) is 11.2. The third-order valence-electron chi connectivity index (χ3n) is 4.09. The van der Waals surface area contributed by atoms with Gasteiger partial charge in [0.25, 0.3) is 0 Å². The van der Waals surface area contributed by atoms with Crippen molar-refractivity contribution in [1.82, 2.24) is 10.6 Å². The number of hydrogen-bond acceptors (Lipinski definition) is 4. The minimum atomic E-state index is -0.470. The van der Waals surface area contributed by atoms with Gasteiger partial charge in [0, 0.05) is 0 Å². The van der Waals surface area contributed by atoms with Crippen LogP contribution in [-0.4, -0.2) is 35.2 Å². The van der Waals surface area contributed by atoms with E-state index in [4.69, 9.17) is 17.0 Å². The number of ether oxygens (including phenoxy) is 1. The van der Waals surface area contributed by atoms with Crippen molar-refractivity contribution in [3.8, 4) is 0 Å². The second-order valence-electron chi connectivity index (χ2n) is 6.69. The molecule has 2 aromatic carbocycles. The van der Waals surface area contributed by atoms with Crippen molar-refractivity contribution < 1.29 is 9.53 Å². The Morgan fingerprint density at radius 3 is 2.00 bits per heavy atom. The Morgan fingerprint density at radius 1 is 1.00 bits per heavy atom. The van der Waals surface area contributed by atoms with Gasteiger partial charge in [0.15, 0.2) is 5.11 Å². The fraction of sp³-hybridized carbons (Fsp3) is 0.364. The summed E-state index contributed by atoms with van der Waals surface area (Å²) in [5.74, 6) is 0.568. The number of carbonyl (C=O) groups excluding carboxylic acids is 1. The van der Waals surface area contributed by atoms with Gasteiger partial charge in [-0.15, -0.1) is 0 Å². The van der Waals surface area contributed by atoms with Crippen molar-refractivity contribution in [2.75, 3.05) is 12.0 Å². The molecule has 0 aliphatic heterocycles. The van der Waals surface area contributed by atoms with E-state index in [1.165, 1.54) is 0 Å². The van der Waals surface area contributed by atoms with Gasteiger partial charge in [0.05, 0.1) is 12.1 Å². The van der Waals surface area contributed by atoms with Crippen LogP contribution in [0.4, 0.5) is 0 Å². The molecule has 1 unspecified atom stereocenters. The summed E-state index contributed by atoms with van der Waals surface area (Å²) in [6.45, 7) is 3.70. The van der Waals surface area contributed by atoms with E-state index in [0.29, 0.717) is 11.5 Å². The summed E-state index contributed by atoms with van der Waals surface area (Å²) >= 11 is 7.24. The molecule has 0 amide bonds. The molecule has 0 bridgehead atoms. The van der Waals surface area contributed by atoms with E-state index in [0.717, 1.165) is 16.9 Å². The van der Waals surface area contributed by atoms with Gasteiger partial charge in [-0.2, -0.15) is 11.8 Å². The molecule has 1 atom stereocenters. The summed E-state index contributed by atoms with van der Waals surface area (Å²) in [5.41, 5.74) is 2.20. The second kappa shape index (κ2) is 11.7. The number of nitrogens with one attached hydrogen (secondary N) is 2. The lowest BCUT2D eigenvalue weighted by molar-refractivity contribution is -0.149. The molecule has 0 aromatic heterocycles. The van der Waals surface area contributed by atoms with E-state index < -0.39 is 6.04 Å². The van der Waals surface area contributed by atoms with Crippen LogP contribution in [0.25, 0.3) is 0 Å². The van der Waals surface area contributed by atoms with Gasteiger partial charge in [0.2, 0.25) is 0 Å². The van der Waals surface area contributed by atoms with Gasteiger partial charge >= 0.3 is 5.97 Å². The standard InChI is InChI=1S/C22H28N2O2S2/c1-16(2)26-21(25)19(14-15-28-3)23-22(27)24-20(17-10-6-4-7-11-17)18-12-8-5-9-13-18/h4-13,16,19-20H,14-15H2,1-3H3,(H2,23,24,27). The van der Waals surface area contributed by atoms with Crippen LogP contribution in [-0.2, 0) is 9.53 Å². The molecule has 2 aromatic rings. The highest BCUT2D eigenvalue weighted by atomic mass is 32.2. The molecule has 0 spiro atoms. The van der Waals surface area contributed by atoms with Gasteiger partial charge in [-0.25, -0.2) is 4.79 Å². The maximum atomic E-state index is 12.4. The van der Waals surface area contributed by atoms with Crippen molar-refractivity contribution in [1.29, 1.82) is 0 Å². The molecule has 150 valence electrons. The van der Waals surface area contributed by atoms with Gasteiger partial charge in [-0.3, -0.25) is 0 Å². The number of rotatable bonds is 9. The fourth-order valence-electron chi connectivity index (χ4n) is 2.78. The Bertz CT molecular complexity index is 699. The monoisotopic (exact) mass is 416 g/mol. The summed E-state index contributed by atoms with van der Waals surface area (Å²) in [6, 6.07) is 19.7. The van der Waals surface area contributed by atoms with Crippen LogP contribution in [0.2, 0.25) is 0 Å². The maximum Gasteiger partial charge on any atom is 0.328 e. The predicted octanol–water partition coefficient (Wildman–Crippen LogP) is 4.31. The van der Waals surface area contributed by atoms with Crippen LogP contribution in [0.3, 0.4) is 0 Å². The molecular weight excluding hydrogens is 388 g/mol. The Morgan fingerprint density at radius 2 is 1.54 bits per heavy atom. The maximum absolute atomic E-state index is 12.4. The van der Waals surface area contributed by atoms with Crippen molar-refractivity contribution in [3.05, 3.63) is 71.8 Å². The summed E-state index contributed by atoms with van der Waals surface area (Å²) in [4.78, 5) is 12.4. The normalized spacial score (nSPS) is 11.9. The highest BCUT2D eigenvalue weighted by Gasteiger charge is 2.23. The topological polar surface area (TPSA) is 50.4 Å². The molecule has 2 N–H and O–H groups in total. The number of thioether (sulfide) groups is 1. The average molecular weight is 417 g/mol. The van der Waals surface area contributed by atoms with Crippen molar-refractivity contribution in [2.45, 2.75) is 38.5 Å². The first-order chi connectivity index (χ1) is 13.5. The number of esters is 1. The lowest BCUT2D eigenvalue weighted by Crippen LogP contribution is -2.48. The van der Waals surface area contributed by atoms with Crippen LogP contribution in [0.15, 0.2) is 60.7 Å². The number of benzene rings is 2. The zero-order valence-electron chi connectivity index (χ0n) is 16.6. The zero-order valence-corrected chi connectivity index (χ0v) is 18.2. The van der Waals surface area contributed by atoms with Crippen LogP contribution in [0.1, 0.15) is 37.4 Å². The van der Waals surface area contributed by atoms with E-state index in [1.807, 2.05) is 56.5 Å². The van der Waals surface area contributed by atoms with Crippen molar-refractivity contribution in [2.24, 2.45) is 0 Å². The lowest BCUT2D eigenvalue weighted by atomic mass is 9.99. The SMILES string of the molecule is CSCCC(NC(=S)NC(c1ccccc1)c1ccccc1)C(=O)OC(C)C. The summed E-state index contributed by atoms with van der Waals surface area (Å²) in [6.07, 6.45) is 2.51. The van der Waals surface area contributed by atoms with Crippen LogP contribution >= 0.6 is 24.0 Å². The van der Waals surface area contributed by atoms with Gasteiger partial charge < -0.3 is 15.4 Å². The molecule has 0 aliphatic rings. The number of thiocarbonyl (C=S) groups is 1. The summed E-state index contributed by atoms with van der Waals surface area (Å²) < 4.78 is 5.39. The minimum Gasteiger partial charge on any atom is -0.461 e. The third kappa shape index (κ3) is 7.17. The van der Waals surface area contributed by atoms with E-state index in [-0.39, 0.29) is 18.1 Å². The van der Waals surface area contributed by atoms with Crippen molar-refractivity contribution >= 4 is 35.1 Å². The average Bonchev–Trinajstić information content (AvgIpc) is 2.70. The molecule has 4 nitrogen and oxygen atoms in total. The molecule has 0 radical (unpaired) electrons. The van der Waals surface area contributed by atoms with Gasteiger partial charge in [0.1, 0.15) is 6.04 Å². The van der Waals surface area contributed by atoms with E-state index in [2.05, 4.69) is 34.9 Å². The molecule has 0 saturated heterocycles. The smallest absolute Gasteiger partial charge is 0.328 e. The highest BCUT2D eigenvalue weighted by molar-refractivity contribution is 7.98. The van der Waals surface area contributed by atoms with Crippen LogP contribution < -0.4 is 10.6 Å². The highest BCUT2D eigenvalue weighted by Crippen LogP contribution is 2.21. The van der Waals surface area contributed by atoms with E-state index >= 15 is 0 Å². The molecule has 0 saturated carbocycles. The minimum absolute atomic E-state index is 0.107. The Hall–Kier alpha value is -2.05. The Labute approximate surface area is 177 Å². The molecule has 0 aliphatic carbocycles. The van der Waals surface area contributed by atoms with Gasteiger partial charge in [-0.1, -0.05) is 60.7 Å². The molecule has 6 heteroatoms. The number of hydrogen-bond donors (Lipinski definition) is 2. The van der Waals surface area contributed by atoms with E-state index in [9.17, 15) is 4.79 Å². The Kier molecular flexibility index (Phi) is 9.31. The molecule has 2 rings (SSSR count). The zero-order chi connectivity index (χ0) is 20.4. The molecular formula is C22H28N2O2S2. The molecule has 0 fully saturated rings. The molecule has 28 heavy (non-hydrogen) atoms. The van der Waals surface area contributed by atoms with E-state index in [1.54, 1.807) is 11.8 Å². The predicted molar refractivity (Wildman–Crippen MR) is 122 cm³/mol. The van der Waals surface area contributed by atoms with Crippen LogP contribution in [0, 0.1) is 0 Å². The summed E-state index contributed by atoms with van der Waals surface area (Å²) in [5, 5.41) is 6.96. The van der Waals surface area contributed by atoms with Gasteiger partial charge in [-0.05, 0) is 55.6 Å². The fourth-order valence-corrected chi connectivity index (χ4v) is 3.51.